The molecule has 0 saturated carbocycles. The molecule has 164 valence electrons. The fourth-order valence-electron chi connectivity index (χ4n) is 4.54. The van der Waals surface area contributed by atoms with Crippen LogP contribution in [-0.2, 0) is 0 Å². The van der Waals surface area contributed by atoms with E-state index >= 15 is 4.39 Å². The minimum Gasteiger partial charge on any atom is -0.496 e. The smallest absolute Gasteiger partial charge is 0.226 e. The number of halogens is 2. The topological polar surface area (TPSA) is 61.2 Å². The highest BCUT2D eigenvalue weighted by Crippen LogP contribution is 2.51. The van der Waals surface area contributed by atoms with Crippen LogP contribution in [0.2, 0.25) is 0 Å². The monoisotopic (exact) mass is 504 g/mol. The number of anilines is 1. The molecular weight excluding hydrogens is 487 g/mol. The zero-order valence-electron chi connectivity index (χ0n) is 17.5. The Hall–Kier alpha value is -3.65. The van der Waals surface area contributed by atoms with Crippen molar-refractivity contribution in [1.82, 2.24) is 14.8 Å². The van der Waals surface area contributed by atoms with Crippen LogP contribution >= 0.6 is 15.9 Å². The Balaban J connectivity index is 1.63. The van der Waals surface area contributed by atoms with Gasteiger partial charge in [-0.05, 0) is 51.8 Å². The molecule has 33 heavy (non-hydrogen) atoms. The number of hydrogen-bond acceptors (Lipinski definition) is 5. The van der Waals surface area contributed by atoms with Gasteiger partial charge in [-0.2, -0.15) is 10.1 Å². The molecule has 2 aliphatic heterocycles. The van der Waals surface area contributed by atoms with Crippen LogP contribution < -0.4 is 14.8 Å². The number of aromatic nitrogens is 3. The molecule has 0 amide bonds. The summed E-state index contributed by atoms with van der Waals surface area (Å²) in [5.74, 6) is 1.68. The number of rotatable bonds is 3. The van der Waals surface area contributed by atoms with E-state index in [4.69, 9.17) is 9.47 Å². The molecule has 0 radical (unpaired) electrons. The fraction of sp³-hybridized carbons (Fsp3) is 0.120. The molecule has 0 spiro atoms. The van der Waals surface area contributed by atoms with E-state index in [1.165, 1.54) is 12.4 Å². The quantitative estimate of drug-likeness (QED) is 0.385. The fourth-order valence-corrected chi connectivity index (χ4v) is 5.10. The van der Waals surface area contributed by atoms with Crippen LogP contribution in [0.4, 0.5) is 10.3 Å². The second-order valence-corrected chi connectivity index (χ2v) is 8.65. The highest BCUT2D eigenvalue weighted by molar-refractivity contribution is 9.10. The Morgan fingerprint density at radius 2 is 1.91 bits per heavy atom. The van der Waals surface area contributed by atoms with Crippen molar-refractivity contribution in [3.05, 3.63) is 106 Å². The predicted molar refractivity (Wildman–Crippen MR) is 126 cm³/mol. The molecule has 3 heterocycles. The number of para-hydroxylation sites is 1. The first-order valence-corrected chi connectivity index (χ1v) is 11.2. The van der Waals surface area contributed by atoms with E-state index in [-0.39, 0.29) is 11.9 Å². The number of nitrogens with one attached hydrogen (secondary N) is 1. The predicted octanol–water partition coefficient (Wildman–Crippen LogP) is 5.75. The van der Waals surface area contributed by atoms with Crippen molar-refractivity contribution in [2.24, 2.45) is 0 Å². The van der Waals surface area contributed by atoms with Crippen LogP contribution in [0.15, 0.2) is 83.1 Å². The van der Waals surface area contributed by atoms with Crippen molar-refractivity contribution in [3.63, 3.8) is 0 Å². The summed E-state index contributed by atoms with van der Waals surface area (Å²) in [6.45, 7) is 0. The third-order valence-corrected chi connectivity index (χ3v) is 6.62. The molecule has 4 aromatic rings. The molecular formula is C25H18BrFN4O2. The van der Waals surface area contributed by atoms with Crippen LogP contribution in [0.1, 0.15) is 28.8 Å². The third kappa shape index (κ3) is 3.13. The lowest BCUT2D eigenvalue weighted by Crippen LogP contribution is -2.32. The van der Waals surface area contributed by atoms with E-state index in [2.05, 4.69) is 31.3 Å². The van der Waals surface area contributed by atoms with Crippen molar-refractivity contribution in [3.8, 4) is 11.5 Å². The van der Waals surface area contributed by atoms with Gasteiger partial charge in [0, 0.05) is 16.7 Å². The van der Waals surface area contributed by atoms with Gasteiger partial charge in [0.15, 0.2) is 6.10 Å². The Bertz CT molecular complexity index is 1420. The minimum absolute atomic E-state index is 0.326. The number of methoxy groups -OCH3 is 1. The summed E-state index contributed by atoms with van der Waals surface area (Å²) in [5, 5.41) is 7.92. The first-order valence-electron chi connectivity index (χ1n) is 10.4. The number of nitrogens with zero attached hydrogens (tertiary/aromatic N) is 3. The summed E-state index contributed by atoms with van der Waals surface area (Å²) in [5.41, 5.74) is 4.00. The van der Waals surface area contributed by atoms with Gasteiger partial charge < -0.3 is 14.8 Å². The van der Waals surface area contributed by atoms with Crippen LogP contribution in [0.25, 0.3) is 5.70 Å². The van der Waals surface area contributed by atoms with Gasteiger partial charge in [-0.3, -0.25) is 0 Å². The molecule has 3 aromatic carbocycles. The van der Waals surface area contributed by atoms with Crippen molar-refractivity contribution in [2.75, 3.05) is 12.4 Å². The summed E-state index contributed by atoms with van der Waals surface area (Å²) < 4.78 is 29.5. The second-order valence-electron chi connectivity index (χ2n) is 7.80. The SMILES string of the molecule is COc1ccc(C2C3=C(Nc4ncnn42)c2ccccc2OC3c2ccccc2F)cc1Br. The maximum atomic E-state index is 15.1. The molecule has 8 heteroatoms. The van der Waals surface area contributed by atoms with Crippen LogP contribution in [0.3, 0.4) is 0 Å². The van der Waals surface area contributed by atoms with Gasteiger partial charge in [-0.15, -0.1) is 0 Å². The number of benzene rings is 3. The van der Waals surface area contributed by atoms with Gasteiger partial charge in [-0.25, -0.2) is 9.07 Å². The summed E-state index contributed by atoms with van der Waals surface area (Å²) in [6, 6.07) is 19.9. The molecule has 6 rings (SSSR count). The molecule has 2 unspecified atom stereocenters. The maximum Gasteiger partial charge on any atom is 0.226 e. The summed E-state index contributed by atoms with van der Waals surface area (Å²) in [6.07, 6.45) is 0.851. The van der Waals surface area contributed by atoms with Crippen molar-refractivity contribution < 1.29 is 13.9 Å². The van der Waals surface area contributed by atoms with Gasteiger partial charge in [0.1, 0.15) is 29.7 Å². The van der Waals surface area contributed by atoms with Crippen LogP contribution in [0.5, 0.6) is 11.5 Å². The van der Waals surface area contributed by atoms with E-state index in [9.17, 15) is 0 Å². The maximum absolute atomic E-state index is 15.1. The highest BCUT2D eigenvalue weighted by Gasteiger charge is 2.41. The molecule has 2 aliphatic rings. The Morgan fingerprint density at radius 1 is 1.09 bits per heavy atom. The molecule has 6 nitrogen and oxygen atoms in total. The van der Waals surface area contributed by atoms with Crippen LogP contribution in [0, 0.1) is 5.82 Å². The van der Waals surface area contributed by atoms with Gasteiger partial charge in [0.2, 0.25) is 5.95 Å². The average molecular weight is 505 g/mol. The second kappa shape index (κ2) is 7.74. The lowest BCUT2D eigenvalue weighted by Gasteiger charge is -2.39. The average Bonchev–Trinajstić information content (AvgIpc) is 3.31. The summed E-state index contributed by atoms with van der Waals surface area (Å²) in [7, 11) is 1.63. The lowest BCUT2D eigenvalue weighted by molar-refractivity contribution is 0.218. The van der Waals surface area contributed by atoms with Gasteiger partial charge in [0.25, 0.3) is 0 Å². The molecule has 2 atom stereocenters. The Labute approximate surface area is 197 Å². The third-order valence-electron chi connectivity index (χ3n) is 6.00. The van der Waals surface area contributed by atoms with Crippen molar-refractivity contribution >= 4 is 27.6 Å². The van der Waals surface area contributed by atoms with Crippen molar-refractivity contribution in [1.29, 1.82) is 0 Å². The normalized spacial score (nSPS) is 18.5. The molecule has 0 saturated heterocycles. The molecule has 1 aromatic heterocycles. The van der Waals surface area contributed by atoms with E-state index in [0.29, 0.717) is 17.3 Å². The zero-order valence-corrected chi connectivity index (χ0v) is 19.1. The number of fused-ring (bicyclic) bond motifs is 3. The summed E-state index contributed by atoms with van der Waals surface area (Å²) in [4.78, 5) is 4.42. The number of ether oxygens (including phenoxy) is 2. The highest BCUT2D eigenvalue weighted by atomic mass is 79.9. The number of hydrogen-bond donors (Lipinski definition) is 1. The molecule has 1 N–H and O–H groups in total. The Kier molecular flexibility index (Phi) is 4.69. The van der Waals surface area contributed by atoms with Gasteiger partial charge in [-0.1, -0.05) is 36.4 Å². The summed E-state index contributed by atoms with van der Waals surface area (Å²) >= 11 is 3.60. The lowest BCUT2D eigenvalue weighted by atomic mass is 9.84. The van der Waals surface area contributed by atoms with Crippen molar-refractivity contribution in [2.45, 2.75) is 12.1 Å². The largest absolute Gasteiger partial charge is 0.496 e. The first-order chi connectivity index (χ1) is 16.2. The minimum atomic E-state index is -0.660. The first kappa shape index (κ1) is 20.0. The van der Waals surface area contributed by atoms with E-state index in [1.54, 1.807) is 23.9 Å². The van der Waals surface area contributed by atoms with Gasteiger partial charge >= 0.3 is 0 Å². The van der Waals surface area contributed by atoms with Crippen LogP contribution in [-0.4, -0.2) is 21.9 Å². The Morgan fingerprint density at radius 3 is 2.73 bits per heavy atom. The standard InChI is InChI=1S/C25H18BrFN4O2/c1-32-20-11-10-14(12-17(20)26)23-21-22(30-25-28-13-29-31(23)25)16-7-3-5-9-19(16)33-24(21)15-6-2-4-8-18(15)27/h2-13,23-24H,1H3,(H,28,29,30). The molecule has 0 aliphatic carbocycles. The molecule has 0 bridgehead atoms. The van der Waals surface area contributed by atoms with E-state index in [1.807, 2.05) is 48.5 Å². The van der Waals surface area contributed by atoms with E-state index in [0.717, 1.165) is 32.6 Å². The zero-order chi connectivity index (χ0) is 22.5. The molecule has 0 fully saturated rings. The van der Waals surface area contributed by atoms with Gasteiger partial charge in [0.05, 0.1) is 17.3 Å². The van der Waals surface area contributed by atoms with E-state index < -0.39 is 6.10 Å².